The zero-order valence-corrected chi connectivity index (χ0v) is 60.4. The van der Waals surface area contributed by atoms with Crippen molar-refractivity contribution in [2.45, 2.75) is 0 Å². The summed E-state index contributed by atoms with van der Waals surface area (Å²) < 4.78 is 9.38. The van der Waals surface area contributed by atoms with Crippen molar-refractivity contribution in [2.24, 2.45) is 0 Å². The van der Waals surface area contributed by atoms with Crippen molar-refractivity contribution in [2.75, 3.05) is 0 Å². The maximum atomic E-state index is 5.28. The van der Waals surface area contributed by atoms with Crippen molar-refractivity contribution < 1.29 is 0 Å². The molecular formula is C102H64N10. The summed E-state index contributed by atoms with van der Waals surface area (Å²) in [6.45, 7) is 0. The number of para-hydroxylation sites is 3. The van der Waals surface area contributed by atoms with Crippen molar-refractivity contribution in [3.05, 3.63) is 389 Å². The number of nitrogens with zero attached hydrogens (tertiary/aromatic N) is 10. The molecule has 9 aromatic heterocycles. The zero-order valence-electron chi connectivity index (χ0n) is 60.4. The zero-order chi connectivity index (χ0) is 73.7. The van der Waals surface area contributed by atoms with Crippen LogP contribution in [0.5, 0.6) is 0 Å². The largest absolute Gasteiger partial charge is 0.309 e. The van der Waals surface area contributed by atoms with Crippen molar-refractivity contribution in [1.82, 2.24) is 48.2 Å². The number of benzene rings is 13. The maximum absolute atomic E-state index is 5.28. The van der Waals surface area contributed by atoms with E-state index in [1.807, 2.05) is 85.5 Å². The Hall–Kier alpha value is -15.3. The van der Waals surface area contributed by atoms with Gasteiger partial charge in [-0.1, -0.05) is 200 Å². The summed E-state index contributed by atoms with van der Waals surface area (Å²) in [7, 11) is 0. The Morgan fingerprint density at radius 2 is 0.607 bits per heavy atom. The number of pyridine rings is 4. The lowest BCUT2D eigenvalue weighted by atomic mass is 9.96. The van der Waals surface area contributed by atoms with Gasteiger partial charge in [0.05, 0.1) is 55.9 Å². The smallest absolute Gasteiger partial charge is 0.160 e. The lowest BCUT2D eigenvalue weighted by Gasteiger charge is -2.13. The molecule has 10 heteroatoms. The average molecular weight is 1430 g/mol. The summed E-state index contributed by atoms with van der Waals surface area (Å²) in [5.41, 5.74) is 29.9. The van der Waals surface area contributed by atoms with Crippen molar-refractivity contribution in [3.63, 3.8) is 0 Å². The van der Waals surface area contributed by atoms with Crippen LogP contribution in [-0.2, 0) is 0 Å². The minimum Gasteiger partial charge on any atom is -0.309 e. The van der Waals surface area contributed by atoms with Gasteiger partial charge in [0.1, 0.15) is 11.3 Å². The van der Waals surface area contributed by atoms with E-state index in [9.17, 15) is 0 Å². The van der Waals surface area contributed by atoms with Crippen LogP contribution in [0.2, 0.25) is 0 Å². The molecule has 0 aliphatic carbocycles. The van der Waals surface area contributed by atoms with E-state index in [-0.39, 0.29) is 0 Å². The summed E-state index contributed by atoms with van der Waals surface area (Å²) in [5.74, 6) is 0.677. The Morgan fingerprint density at radius 3 is 1.18 bits per heavy atom. The Bertz CT molecular complexity index is 7430. The lowest BCUT2D eigenvalue weighted by Crippen LogP contribution is -1.98. The second-order valence-corrected chi connectivity index (χ2v) is 28.6. The highest BCUT2D eigenvalue weighted by molar-refractivity contribution is 6.19. The molecule has 0 aliphatic rings. The minimum absolute atomic E-state index is 0.677. The van der Waals surface area contributed by atoms with Crippen LogP contribution >= 0.6 is 0 Å². The van der Waals surface area contributed by atoms with Gasteiger partial charge >= 0.3 is 0 Å². The third-order valence-electron chi connectivity index (χ3n) is 22.1. The van der Waals surface area contributed by atoms with Crippen LogP contribution in [0.1, 0.15) is 0 Å². The highest BCUT2D eigenvalue weighted by atomic mass is 15.1. The van der Waals surface area contributed by atoms with Crippen LogP contribution < -0.4 is 0 Å². The summed E-state index contributed by atoms with van der Waals surface area (Å²) >= 11 is 0. The second kappa shape index (κ2) is 26.3. The molecule has 10 nitrogen and oxygen atoms in total. The fourth-order valence-corrected chi connectivity index (χ4v) is 17.1. The van der Waals surface area contributed by atoms with Gasteiger partial charge in [-0.25, -0.2) is 19.9 Å². The van der Waals surface area contributed by atoms with Gasteiger partial charge < -0.3 is 9.13 Å². The first-order valence-electron chi connectivity index (χ1n) is 37.8. The van der Waals surface area contributed by atoms with Crippen LogP contribution in [0, 0.1) is 0 Å². The van der Waals surface area contributed by atoms with Crippen LogP contribution in [0.15, 0.2) is 389 Å². The molecule has 0 atom stereocenters. The molecule has 13 aromatic carbocycles. The molecular weight excluding hydrogens is 1370 g/mol. The Kier molecular flexibility index (Phi) is 15.0. The molecule has 0 fully saturated rings. The lowest BCUT2D eigenvalue weighted by molar-refractivity contribution is 1.13. The van der Waals surface area contributed by atoms with E-state index in [1.165, 1.54) is 38.1 Å². The second-order valence-electron chi connectivity index (χ2n) is 28.6. The standard InChI is InChI=1S/C102H64N10/c1-4-23-65(24-5-1)90-63-91(108-100(107-90)66-25-6-2-7-26-66)71-29-18-34-79(60-71)112-95-51-48-70(62-87(95)83-40-22-54-105-102(83)112)81-38-20-45-97-99(81)85-36-11-13-43-93(85)110(97)77-32-16-27-67(58-77)72-46-49-89(106-64-72)75-56-73(55-74(57-75)88-41-14-15-52-103-88)68-28-17-33-78(59-68)111-94-50-47-69(61-86(94)82-39-21-53-104-101(82)111)80-37-19-44-96-98(80)84-35-10-12-42-92(84)109(96)76-30-8-3-9-31-76/h1-64H. The van der Waals surface area contributed by atoms with Gasteiger partial charge in [-0.3, -0.25) is 19.1 Å². The highest BCUT2D eigenvalue weighted by Gasteiger charge is 2.24. The SMILES string of the molecule is c1ccc(-c2cc(-c3cccc(-n4c5ccc(-c6cccc7c6c6ccccc6n7-c6cccc(-c7ccc(-c8cc(-c9cccc(-n%10c%11ccc(-c%12cccc%13c%12c%12ccccc%12n%13-c%12ccccc%12)cc%11c%11cccnc%11%10)c9)cc(-c9ccccn9)c8)nc7)c6)cc5c5cccnc54)c3)nc(-c3ccccc3)n2)cc1. The number of aromatic nitrogens is 10. The Labute approximate surface area is 644 Å². The first-order chi connectivity index (χ1) is 55.5. The molecule has 0 N–H and O–H groups in total. The van der Waals surface area contributed by atoms with E-state index in [1.54, 1.807) is 0 Å². The Balaban J connectivity index is 0.592. The molecule has 0 saturated carbocycles. The molecule has 0 radical (unpaired) electrons. The predicted octanol–water partition coefficient (Wildman–Crippen LogP) is 25.4. The topological polar surface area (TPSA) is 97.1 Å². The van der Waals surface area contributed by atoms with E-state index in [4.69, 9.17) is 29.9 Å². The van der Waals surface area contributed by atoms with Gasteiger partial charge in [-0.15, -0.1) is 0 Å². The van der Waals surface area contributed by atoms with Gasteiger partial charge in [-0.2, -0.15) is 0 Å². The average Bonchev–Trinajstić information content (AvgIpc) is 1.59. The third-order valence-corrected chi connectivity index (χ3v) is 22.1. The number of rotatable bonds is 13. The van der Waals surface area contributed by atoms with Crippen LogP contribution in [0.4, 0.5) is 0 Å². The van der Waals surface area contributed by atoms with Gasteiger partial charge in [-0.05, 0) is 203 Å². The van der Waals surface area contributed by atoms with Crippen LogP contribution in [-0.4, -0.2) is 48.2 Å². The van der Waals surface area contributed by atoms with Gasteiger partial charge in [0, 0.05) is 124 Å². The van der Waals surface area contributed by atoms with Gasteiger partial charge in [0.15, 0.2) is 5.82 Å². The summed E-state index contributed by atoms with van der Waals surface area (Å²) in [6, 6.07) is 130. The highest BCUT2D eigenvalue weighted by Crippen LogP contribution is 2.45. The Morgan fingerprint density at radius 1 is 0.188 bits per heavy atom. The van der Waals surface area contributed by atoms with Crippen molar-refractivity contribution >= 4 is 87.5 Å². The molecule has 522 valence electrons. The molecule has 22 aromatic rings. The molecule has 112 heavy (non-hydrogen) atoms. The maximum Gasteiger partial charge on any atom is 0.160 e. The molecule has 9 heterocycles. The van der Waals surface area contributed by atoms with Crippen LogP contribution in [0.25, 0.3) is 211 Å². The molecule has 0 saturated heterocycles. The van der Waals surface area contributed by atoms with E-state index in [2.05, 4.69) is 322 Å². The number of hydrogen-bond donors (Lipinski definition) is 0. The van der Waals surface area contributed by atoms with Gasteiger partial charge in [0.2, 0.25) is 0 Å². The van der Waals surface area contributed by atoms with Crippen molar-refractivity contribution in [1.29, 1.82) is 0 Å². The molecule has 0 unspecified atom stereocenters. The predicted molar refractivity (Wildman–Crippen MR) is 459 cm³/mol. The summed E-state index contributed by atoms with van der Waals surface area (Å²) in [5, 5.41) is 9.23. The third kappa shape index (κ3) is 10.7. The monoisotopic (exact) mass is 1430 g/mol. The van der Waals surface area contributed by atoms with Crippen LogP contribution in [0.3, 0.4) is 0 Å². The molecule has 0 spiro atoms. The fraction of sp³-hybridized carbons (Fsp3) is 0. The van der Waals surface area contributed by atoms with E-state index < -0.39 is 0 Å². The van der Waals surface area contributed by atoms with E-state index in [0.29, 0.717) is 5.82 Å². The molecule has 0 amide bonds. The first kappa shape index (κ1) is 64.0. The quantitative estimate of drug-likeness (QED) is 0.114. The normalized spacial score (nSPS) is 11.8. The number of fused-ring (bicyclic) bond motifs is 12. The summed E-state index contributed by atoms with van der Waals surface area (Å²) in [6.07, 6.45) is 7.65. The minimum atomic E-state index is 0.677. The fourth-order valence-electron chi connectivity index (χ4n) is 17.1. The van der Waals surface area contributed by atoms with E-state index in [0.717, 1.165) is 167 Å². The number of hydrogen-bond acceptors (Lipinski definition) is 6. The van der Waals surface area contributed by atoms with Gasteiger partial charge in [0.25, 0.3) is 0 Å². The van der Waals surface area contributed by atoms with E-state index >= 15 is 0 Å². The molecule has 22 rings (SSSR count). The molecule has 0 bridgehead atoms. The first-order valence-corrected chi connectivity index (χ1v) is 37.8. The van der Waals surface area contributed by atoms with Crippen molar-refractivity contribution in [3.8, 4) is 124 Å². The summed E-state index contributed by atoms with van der Waals surface area (Å²) in [4.78, 5) is 30.6. The molecule has 0 aliphatic heterocycles.